The topological polar surface area (TPSA) is 58.6 Å². The SMILES string of the molecule is O=C(COC(=O)c1ccc(C(F)(F)F)cc1)Nc1ccc(N2CCCCC2)cc1. The summed E-state index contributed by atoms with van der Waals surface area (Å²) in [5, 5.41) is 2.62. The number of amides is 1. The molecule has 0 unspecified atom stereocenters. The maximum atomic E-state index is 12.5. The standard InChI is InChI=1S/C21H21F3N2O3/c22-21(23,24)16-6-4-15(5-7-16)20(28)29-14-19(27)25-17-8-10-18(11-9-17)26-12-2-1-3-13-26/h4-11H,1-3,12-14H2,(H,25,27). The summed E-state index contributed by atoms with van der Waals surface area (Å²) in [6.07, 6.45) is -0.896. The molecule has 29 heavy (non-hydrogen) atoms. The first kappa shape index (κ1) is 20.7. The lowest BCUT2D eigenvalue weighted by molar-refractivity contribution is -0.137. The zero-order chi connectivity index (χ0) is 20.9. The van der Waals surface area contributed by atoms with Crippen LogP contribution in [0.3, 0.4) is 0 Å². The van der Waals surface area contributed by atoms with E-state index in [1.54, 1.807) is 12.1 Å². The van der Waals surface area contributed by atoms with Gasteiger partial charge in [-0.15, -0.1) is 0 Å². The predicted octanol–water partition coefficient (Wildman–Crippen LogP) is 4.49. The van der Waals surface area contributed by atoms with Gasteiger partial charge in [-0.2, -0.15) is 13.2 Å². The van der Waals surface area contributed by atoms with Gasteiger partial charge in [-0.3, -0.25) is 4.79 Å². The monoisotopic (exact) mass is 406 g/mol. The minimum atomic E-state index is -4.48. The number of carbonyl (C=O) groups excluding carboxylic acids is 2. The molecule has 1 aliphatic heterocycles. The van der Waals surface area contributed by atoms with Crippen molar-refractivity contribution in [3.63, 3.8) is 0 Å². The summed E-state index contributed by atoms with van der Waals surface area (Å²) in [5.41, 5.74) is 0.745. The third-order valence-corrected chi connectivity index (χ3v) is 4.65. The number of carbonyl (C=O) groups is 2. The van der Waals surface area contributed by atoms with Gasteiger partial charge in [0.25, 0.3) is 5.91 Å². The van der Waals surface area contributed by atoms with Gasteiger partial charge in [0, 0.05) is 24.5 Å². The number of benzene rings is 2. The zero-order valence-corrected chi connectivity index (χ0v) is 15.7. The fourth-order valence-electron chi connectivity index (χ4n) is 3.11. The van der Waals surface area contributed by atoms with Gasteiger partial charge >= 0.3 is 12.1 Å². The Labute approximate surface area is 166 Å². The minimum absolute atomic E-state index is 0.0586. The highest BCUT2D eigenvalue weighted by molar-refractivity contribution is 5.95. The number of halogens is 3. The van der Waals surface area contributed by atoms with Crippen LogP contribution in [0.4, 0.5) is 24.5 Å². The highest BCUT2D eigenvalue weighted by Gasteiger charge is 2.30. The van der Waals surface area contributed by atoms with Crippen LogP contribution >= 0.6 is 0 Å². The van der Waals surface area contributed by atoms with Gasteiger partial charge in [-0.1, -0.05) is 0 Å². The molecule has 0 saturated carbocycles. The van der Waals surface area contributed by atoms with Gasteiger partial charge < -0.3 is 15.0 Å². The summed E-state index contributed by atoms with van der Waals surface area (Å²) in [7, 11) is 0. The number of ether oxygens (including phenoxy) is 1. The highest BCUT2D eigenvalue weighted by Crippen LogP contribution is 2.29. The van der Waals surface area contributed by atoms with Crippen LogP contribution in [0.25, 0.3) is 0 Å². The fourth-order valence-corrected chi connectivity index (χ4v) is 3.11. The molecule has 0 bridgehead atoms. The van der Waals surface area contributed by atoms with Crippen molar-refractivity contribution in [1.82, 2.24) is 0 Å². The Morgan fingerprint density at radius 3 is 2.14 bits per heavy atom. The summed E-state index contributed by atoms with van der Waals surface area (Å²) in [4.78, 5) is 26.2. The van der Waals surface area contributed by atoms with E-state index in [1.807, 2.05) is 12.1 Å². The Hall–Kier alpha value is -3.03. The van der Waals surface area contributed by atoms with Crippen molar-refractivity contribution in [1.29, 1.82) is 0 Å². The highest BCUT2D eigenvalue weighted by atomic mass is 19.4. The van der Waals surface area contributed by atoms with E-state index in [0.29, 0.717) is 5.69 Å². The van der Waals surface area contributed by atoms with E-state index >= 15 is 0 Å². The lowest BCUT2D eigenvalue weighted by atomic mass is 10.1. The minimum Gasteiger partial charge on any atom is -0.452 e. The molecule has 1 heterocycles. The fraction of sp³-hybridized carbons (Fsp3) is 0.333. The lowest BCUT2D eigenvalue weighted by Crippen LogP contribution is -2.29. The third-order valence-electron chi connectivity index (χ3n) is 4.65. The molecule has 0 aromatic heterocycles. The van der Waals surface area contributed by atoms with Crippen LogP contribution in [-0.4, -0.2) is 31.6 Å². The summed E-state index contributed by atoms with van der Waals surface area (Å²) in [6, 6.07) is 11.0. The van der Waals surface area contributed by atoms with Crippen molar-refractivity contribution >= 4 is 23.3 Å². The Bertz CT molecular complexity index is 843. The quantitative estimate of drug-likeness (QED) is 0.744. The number of hydrogen-bond donors (Lipinski definition) is 1. The maximum absolute atomic E-state index is 12.5. The number of nitrogens with one attached hydrogen (secondary N) is 1. The summed E-state index contributed by atoms with van der Waals surface area (Å²) in [5.74, 6) is -1.40. The van der Waals surface area contributed by atoms with Crippen molar-refractivity contribution < 1.29 is 27.5 Å². The molecule has 1 aliphatic rings. The third kappa shape index (κ3) is 5.73. The average molecular weight is 406 g/mol. The first-order valence-electron chi connectivity index (χ1n) is 9.32. The van der Waals surface area contributed by atoms with E-state index in [4.69, 9.17) is 4.74 Å². The summed E-state index contributed by atoms with van der Waals surface area (Å²) < 4.78 is 42.5. The molecule has 2 aromatic rings. The van der Waals surface area contributed by atoms with E-state index in [0.717, 1.165) is 43.0 Å². The van der Waals surface area contributed by atoms with Gasteiger partial charge in [-0.25, -0.2) is 4.79 Å². The van der Waals surface area contributed by atoms with Crippen LogP contribution in [0.2, 0.25) is 0 Å². The molecule has 154 valence electrons. The largest absolute Gasteiger partial charge is 0.452 e. The smallest absolute Gasteiger partial charge is 0.416 e. The molecule has 8 heteroatoms. The molecular formula is C21H21F3N2O3. The van der Waals surface area contributed by atoms with Crippen LogP contribution < -0.4 is 10.2 Å². The van der Waals surface area contributed by atoms with Crippen molar-refractivity contribution in [2.24, 2.45) is 0 Å². The number of piperidine rings is 1. The van der Waals surface area contributed by atoms with Crippen LogP contribution in [0.1, 0.15) is 35.2 Å². The lowest BCUT2D eigenvalue weighted by Gasteiger charge is -2.28. The van der Waals surface area contributed by atoms with Crippen LogP contribution in [-0.2, 0) is 15.7 Å². The second-order valence-corrected chi connectivity index (χ2v) is 6.79. The van der Waals surface area contributed by atoms with E-state index < -0.39 is 30.2 Å². The molecule has 3 rings (SSSR count). The molecule has 0 aliphatic carbocycles. The Balaban J connectivity index is 1.48. The van der Waals surface area contributed by atoms with Crippen LogP contribution in [0.15, 0.2) is 48.5 Å². The molecule has 0 radical (unpaired) electrons. The molecule has 0 atom stereocenters. The molecular weight excluding hydrogens is 385 g/mol. The number of rotatable bonds is 5. The van der Waals surface area contributed by atoms with Crippen LogP contribution in [0, 0.1) is 0 Å². The molecule has 5 nitrogen and oxygen atoms in total. The Morgan fingerprint density at radius 2 is 1.55 bits per heavy atom. The van der Waals surface area contributed by atoms with Crippen molar-refractivity contribution in [3.05, 3.63) is 59.7 Å². The van der Waals surface area contributed by atoms with Crippen molar-refractivity contribution in [3.8, 4) is 0 Å². The number of nitrogens with zero attached hydrogens (tertiary/aromatic N) is 1. The molecule has 1 fully saturated rings. The second-order valence-electron chi connectivity index (χ2n) is 6.79. The maximum Gasteiger partial charge on any atom is 0.416 e. The van der Waals surface area contributed by atoms with Gasteiger partial charge in [0.05, 0.1) is 11.1 Å². The first-order valence-corrected chi connectivity index (χ1v) is 9.32. The average Bonchev–Trinajstić information content (AvgIpc) is 2.73. The van der Waals surface area contributed by atoms with E-state index in [-0.39, 0.29) is 5.56 Å². The number of esters is 1. The molecule has 0 spiro atoms. The molecule has 2 aromatic carbocycles. The Kier molecular flexibility index (Phi) is 6.41. The number of alkyl halides is 3. The second kappa shape index (κ2) is 8.98. The van der Waals surface area contributed by atoms with Gasteiger partial charge in [0.1, 0.15) is 0 Å². The van der Waals surface area contributed by atoms with Crippen LogP contribution in [0.5, 0.6) is 0 Å². The van der Waals surface area contributed by atoms with E-state index in [9.17, 15) is 22.8 Å². The van der Waals surface area contributed by atoms with E-state index in [1.165, 1.54) is 19.3 Å². The van der Waals surface area contributed by atoms with E-state index in [2.05, 4.69) is 10.2 Å². The Morgan fingerprint density at radius 1 is 0.931 bits per heavy atom. The summed E-state index contributed by atoms with van der Waals surface area (Å²) >= 11 is 0. The van der Waals surface area contributed by atoms with Crippen molar-refractivity contribution in [2.75, 3.05) is 29.9 Å². The number of hydrogen-bond acceptors (Lipinski definition) is 4. The molecule has 1 amide bonds. The van der Waals surface area contributed by atoms with Gasteiger partial charge in [-0.05, 0) is 67.8 Å². The normalized spacial score (nSPS) is 14.4. The summed E-state index contributed by atoms with van der Waals surface area (Å²) in [6.45, 7) is 1.50. The van der Waals surface area contributed by atoms with Crippen molar-refractivity contribution in [2.45, 2.75) is 25.4 Å². The number of anilines is 2. The molecule has 1 saturated heterocycles. The zero-order valence-electron chi connectivity index (χ0n) is 15.7. The van der Waals surface area contributed by atoms with Gasteiger partial charge in [0.15, 0.2) is 6.61 Å². The van der Waals surface area contributed by atoms with Gasteiger partial charge in [0.2, 0.25) is 0 Å². The first-order chi connectivity index (χ1) is 13.8. The predicted molar refractivity (Wildman–Crippen MR) is 103 cm³/mol. The molecule has 1 N–H and O–H groups in total.